The van der Waals surface area contributed by atoms with Crippen molar-refractivity contribution in [3.63, 3.8) is 0 Å². The van der Waals surface area contributed by atoms with Crippen LogP contribution in [0.25, 0.3) is 0 Å². The van der Waals surface area contributed by atoms with Crippen LogP contribution >= 0.6 is 23.2 Å². The molecule has 0 radical (unpaired) electrons. The van der Waals surface area contributed by atoms with Crippen LogP contribution in [0.2, 0.25) is 10.0 Å². The van der Waals surface area contributed by atoms with Gasteiger partial charge < -0.3 is 5.32 Å². The van der Waals surface area contributed by atoms with E-state index in [2.05, 4.69) is 10.4 Å². The van der Waals surface area contributed by atoms with Gasteiger partial charge in [-0.15, -0.1) is 0 Å². The van der Waals surface area contributed by atoms with Gasteiger partial charge in [-0.1, -0.05) is 29.3 Å². The Hall–Kier alpha value is -1.52. The Morgan fingerprint density at radius 2 is 2.10 bits per heavy atom. The SMILES string of the molecule is Cc1c(C(C)NC(=O)c2cccc(Cl)c2Cl)cnn1C. The highest BCUT2D eigenvalue weighted by Crippen LogP contribution is 2.26. The van der Waals surface area contributed by atoms with E-state index in [4.69, 9.17) is 23.2 Å². The van der Waals surface area contributed by atoms with E-state index < -0.39 is 0 Å². The predicted octanol–water partition coefficient (Wildman–Crippen LogP) is 3.53. The maximum Gasteiger partial charge on any atom is 0.253 e. The summed E-state index contributed by atoms with van der Waals surface area (Å²) in [7, 11) is 1.86. The number of nitrogens with zero attached hydrogens (tertiary/aromatic N) is 2. The lowest BCUT2D eigenvalue weighted by Gasteiger charge is -2.14. The quantitative estimate of drug-likeness (QED) is 0.942. The molecule has 4 nitrogen and oxygen atoms in total. The third kappa shape index (κ3) is 2.81. The summed E-state index contributed by atoms with van der Waals surface area (Å²) in [4.78, 5) is 12.2. The molecule has 0 spiro atoms. The Balaban J connectivity index is 2.19. The maximum absolute atomic E-state index is 12.2. The van der Waals surface area contributed by atoms with Crippen molar-refractivity contribution in [1.82, 2.24) is 15.1 Å². The molecule has 0 saturated heterocycles. The van der Waals surface area contributed by atoms with Gasteiger partial charge in [-0.2, -0.15) is 5.10 Å². The van der Waals surface area contributed by atoms with E-state index in [9.17, 15) is 4.79 Å². The molecule has 0 aliphatic carbocycles. The average Bonchev–Trinajstić information content (AvgIpc) is 2.73. The van der Waals surface area contributed by atoms with Gasteiger partial charge in [0.05, 0.1) is 27.8 Å². The average molecular weight is 312 g/mol. The van der Waals surface area contributed by atoms with Crippen LogP contribution in [-0.4, -0.2) is 15.7 Å². The number of carbonyl (C=O) groups is 1. The Morgan fingerprint density at radius 1 is 1.40 bits per heavy atom. The molecule has 1 aromatic heterocycles. The fourth-order valence-corrected chi connectivity index (χ4v) is 2.36. The third-order valence-electron chi connectivity index (χ3n) is 3.28. The van der Waals surface area contributed by atoms with Gasteiger partial charge in [-0.25, -0.2) is 0 Å². The highest BCUT2D eigenvalue weighted by molar-refractivity contribution is 6.43. The van der Waals surface area contributed by atoms with Crippen molar-refractivity contribution in [2.24, 2.45) is 7.05 Å². The Bertz CT molecular complexity index is 652. The highest BCUT2D eigenvalue weighted by atomic mass is 35.5. The topological polar surface area (TPSA) is 46.9 Å². The van der Waals surface area contributed by atoms with E-state index in [0.717, 1.165) is 11.3 Å². The van der Waals surface area contributed by atoms with Crippen molar-refractivity contribution < 1.29 is 4.79 Å². The monoisotopic (exact) mass is 311 g/mol. The standard InChI is InChI=1S/C14H15Cl2N3O/c1-8(11-7-17-19(3)9(11)2)18-14(20)10-5-4-6-12(15)13(10)16/h4-8H,1-3H3,(H,18,20). The lowest BCUT2D eigenvalue weighted by atomic mass is 10.1. The molecule has 1 unspecified atom stereocenters. The zero-order valence-corrected chi connectivity index (χ0v) is 13.0. The summed E-state index contributed by atoms with van der Waals surface area (Å²) in [5.41, 5.74) is 2.35. The third-order valence-corrected chi connectivity index (χ3v) is 4.10. The van der Waals surface area contributed by atoms with Crippen LogP contribution in [0.1, 0.15) is 34.6 Å². The summed E-state index contributed by atoms with van der Waals surface area (Å²) >= 11 is 12.0. The van der Waals surface area contributed by atoms with Crippen molar-refractivity contribution in [3.05, 3.63) is 51.3 Å². The van der Waals surface area contributed by atoms with Crippen LogP contribution in [-0.2, 0) is 7.05 Å². The normalized spacial score (nSPS) is 12.2. The summed E-state index contributed by atoms with van der Waals surface area (Å²) in [6.07, 6.45) is 1.75. The molecular formula is C14H15Cl2N3O. The molecule has 1 atom stereocenters. The molecule has 2 aromatic rings. The Kier molecular flexibility index (Phi) is 4.35. The highest BCUT2D eigenvalue weighted by Gasteiger charge is 2.18. The van der Waals surface area contributed by atoms with Crippen molar-refractivity contribution in [1.29, 1.82) is 0 Å². The molecule has 1 aromatic carbocycles. The lowest BCUT2D eigenvalue weighted by Crippen LogP contribution is -2.27. The molecule has 1 amide bonds. The van der Waals surface area contributed by atoms with Crippen molar-refractivity contribution in [2.45, 2.75) is 19.9 Å². The van der Waals surface area contributed by atoms with Crippen LogP contribution in [0.15, 0.2) is 24.4 Å². The van der Waals surface area contributed by atoms with Crippen LogP contribution in [0.3, 0.4) is 0 Å². The number of hydrogen-bond acceptors (Lipinski definition) is 2. The number of benzene rings is 1. The summed E-state index contributed by atoms with van der Waals surface area (Å²) in [5.74, 6) is -0.256. The molecule has 20 heavy (non-hydrogen) atoms. The van der Waals surface area contributed by atoms with Gasteiger partial charge in [0.1, 0.15) is 0 Å². The summed E-state index contributed by atoms with van der Waals surface area (Å²) in [5, 5.41) is 7.70. The number of hydrogen-bond donors (Lipinski definition) is 1. The van der Waals surface area contributed by atoms with Crippen molar-refractivity contribution in [2.75, 3.05) is 0 Å². The predicted molar refractivity (Wildman–Crippen MR) is 80.3 cm³/mol. The van der Waals surface area contributed by atoms with E-state index >= 15 is 0 Å². The second-order valence-electron chi connectivity index (χ2n) is 4.61. The largest absolute Gasteiger partial charge is 0.345 e. The van der Waals surface area contributed by atoms with Gasteiger partial charge in [0.25, 0.3) is 5.91 Å². The van der Waals surface area contributed by atoms with E-state index in [1.54, 1.807) is 29.1 Å². The summed E-state index contributed by atoms with van der Waals surface area (Å²) in [6.45, 7) is 3.86. The number of rotatable bonds is 3. The number of aryl methyl sites for hydroxylation is 1. The lowest BCUT2D eigenvalue weighted by molar-refractivity contribution is 0.0940. The number of halogens is 2. The fourth-order valence-electron chi connectivity index (χ4n) is 1.97. The minimum atomic E-state index is -0.256. The van der Waals surface area contributed by atoms with E-state index in [1.165, 1.54) is 0 Å². The zero-order valence-electron chi connectivity index (χ0n) is 11.4. The molecule has 0 aliphatic rings. The smallest absolute Gasteiger partial charge is 0.253 e. The summed E-state index contributed by atoms with van der Waals surface area (Å²) < 4.78 is 1.77. The molecule has 1 N–H and O–H groups in total. The number of carbonyl (C=O) groups excluding carboxylic acids is 1. The molecule has 0 saturated carbocycles. The molecule has 106 valence electrons. The number of nitrogens with one attached hydrogen (secondary N) is 1. The fraction of sp³-hybridized carbons (Fsp3) is 0.286. The minimum absolute atomic E-state index is 0.161. The van der Waals surface area contributed by atoms with Gasteiger partial charge in [0.2, 0.25) is 0 Å². The Morgan fingerprint density at radius 3 is 2.70 bits per heavy atom. The number of amides is 1. The van der Waals surface area contributed by atoms with Crippen molar-refractivity contribution in [3.8, 4) is 0 Å². The van der Waals surface area contributed by atoms with Crippen LogP contribution < -0.4 is 5.32 Å². The first-order valence-corrected chi connectivity index (χ1v) is 6.90. The molecular weight excluding hydrogens is 297 g/mol. The first-order valence-electron chi connectivity index (χ1n) is 6.15. The van der Waals surface area contributed by atoms with E-state index in [-0.39, 0.29) is 17.0 Å². The Labute approximate surface area is 127 Å². The zero-order chi connectivity index (χ0) is 14.9. The van der Waals surface area contributed by atoms with Gasteiger partial charge in [0.15, 0.2) is 0 Å². The summed E-state index contributed by atoms with van der Waals surface area (Å²) in [6, 6.07) is 4.83. The molecule has 0 bridgehead atoms. The molecule has 6 heteroatoms. The van der Waals surface area contributed by atoms with Crippen LogP contribution in [0.4, 0.5) is 0 Å². The van der Waals surface area contributed by atoms with Gasteiger partial charge in [-0.3, -0.25) is 9.48 Å². The van der Waals surface area contributed by atoms with E-state index in [1.807, 2.05) is 20.9 Å². The molecule has 0 fully saturated rings. The van der Waals surface area contributed by atoms with E-state index in [0.29, 0.717) is 10.6 Å². The maximum atomic E-state index is 12.2. The second-order valence-corrected chi connectivity index (χ2v) is 5.39. The van der Waals surface area contributed by atoms with Crippen molar-refractivity contribution >= 4 is 29.1 Å². The van der Waals surface area contributed by atoms with Gasteiger partial charge in [-0.05, 0) is 26.0 Å². The number of aromatic nitrogens is 2. The first-order chi connectivity index (χ1) is 9.41. The second kappa shape index (κ2) is 5.85. The molecule has 1 heterocycles. The van der Waals surface area contributed by atoms with Crippen LogP contribution in [0.5, 0.6) is 0 Å². The van der Waals surface area contributed by atoms with Gasteiger partial charge >= 0.3 is 0 Å². The minimum Gasteiger partial charge on any atom is -0.345 e. The first kappa shape index (κ1) is 14.9. The molecule has 2 rings (SSSR count). The van der Waals surface area contributed by atoms with Gasteiger partial charge in [0, 0.05) is 18.3 Å². The molecule has 0 aliphatic heterocycles. The van der Waals surface area contributed by atoms with Crippen LogP contribution in [0, 0.1) is 6.92 Å².